The predicted octanol–water partition coefficient (Wildman–Crippen LogP) is 4.99. The number of nitrogens with one attached hydrogen (secondary N) is 1. The second kappa shape index (κ2) is 10.1. The number of amidine groups is 1. The molecule has 0 unspecified atom stereocenters. The van der Waals surface area contributed by atoms with Gasteiger partial charge in [-0.1, -0.05) is 26.0 Å². The number of ketones is 1. The van der Waals surface area contributed by atoms with E-state index < -0.39 is 61.0 Å². The van der Waals surface area contributed by atoms with Crippen molar-refractivity contribution in [2.75, 3.05) is 0 Å². The van der Waals surface area contributed by atoms with Crippen molar-refractivity contribution in [2.24, 2.45) is 16.0 Å². The van der Waals surface area contributed by atoms with Crippen LogP contribution in [0.4, 0.5) is 13.2 Å². The van der Waals surface area contributed by atoms with Gasteiger partial charge in [0.1, 0.15) is 45.3 Å². The highest BCUT2D eigenvalue weighted by atomic mass is 32.2. The third kappa shape index (κ3) is 5.16. The number of benzene rings is 3. The second-order valence-electron chi connectivity index (χ2n) is 8.57. The minimum Gasteiger partial charge on any atom is -0.506 e. The smallest absolute Gasteiger partial charge is 0.286 e. The average Bonchev–Trinajstić information content (AvgIpc) is 3.28. The Kier molecular flexibility index (Phi) is 7.09. The Morgan fingerprint density at radius 1 is 1.03 bits per heavy atom. The molecule has 0 saturated heterocycles. The van der Waals surface area contributed by atoms with Gasteiger partial charge in [0.15, 0.2) is 0 Å². The van der Waals surface area contributed by atoms with Gasteiger partial charge in [0.05, 0.1) is 16.6 Å². The van der Waals surface area contributed by atoms with E-state index in [0.29, 0.717) is 17.1 Å². The van der Waals surface area contributed by atoms with Crippen molar-refractivity contribution in [3.63, 3.8) is 0 Å². The monoisotopic (exact) mass is 542 g/mol. The first kappa shape index (κ1) is 26.6. The Hall–Kier alpha value is -4.45. The molecule has 0 spiro atoms. The molecule has 0 aliphatic heterocycles. The lowest BCUT2D eigenvalue weighted by atomic mass is 9.98. The summed E-state index contributed by atoms with van der Waals surface area (Å²) in [6.45, 7) is 3.18. The molecule has 1 heterocycles. The molecule has 196 valence electrons. The second-order valence-corrected chi connectivity index (χ2v) is 10.1. The maximum Gasteiger partial charge on any atom is 0.286 e. The van der Waals surface area contributed by atoms with Gasteiger partial charge in [-0.15, -0.1) is 4.40 Å². The van der Waals surface area contributed by atoms with Crippen LogP contribution in [0.15, 0.2) is 70.0 Å². The molecule has 38 heavy (non-hydrogen) atoms. The molecule has 1 aromatic heterocycles. The van der Waals surface area contributed by atoms with Crippen molar-refractivity contribution in [1.29, 1.82) is 0 Å². The largest absolute Gasteiger partial charge is 0.506 e. The van der Waals surface area contributed by atoms with Crippen LogP contribution in [0.2, 0.25) is 0 Å². The number of imidazole rings is 1. The Morgan fingerprint density at radius 2 is 1.71 bits per heavy atom. The van der Waals surface area contributed by atoms with Crippen molar-refractivity contribution in [2.45, 2.75) is 18.7 Å². The van der Waals surface area contributed by atoms with Gasteiger partial charge in [-0.05, 0) is 48.5 Å². The molecular formula is C26H21F3N4O4S. The SMILES string of the molecule is CC(C)C(N)=NS(=O)(=O)c1cc(C(O)=C(C(=O)c2cc(F)ccc2F)c2nc3ccccc3[nH]2)ccc1F. The summed E-state index contributed by atoms with van der Waals surface area (Å²) in [6.07, 6.45) is 0. The molecule has 0 aliphatic carbocycles. The van der Waals surface area contributed by atoms with E-state index in [1.165, 1.54) is 0 Å². The fraction of sp³-hybridized carbons (Fsp3) is 0.115. The first-order valence-electron chi connectivity index (χ1n) is 11.2. The standard InChI is InChI=1S/C26H21F3N4O4S/c1-13(2)25(30)33-38(36,37)21-11-14(7-9-18(21)29)23(34)22(24(35)16-12-15(27)8-10-17(16)28)26-31-19-5-3-4-6-20(19)32-26/h3-13,34H,1-2H3,(H2,30,33)(H,31,32). The van der Waals surface area contributed by atoms with Gasteiger partial charge in [0, 0.05) is 11.5 Å². The number of nitrogens with two attached hydrogens (primary N) is 1. The van der Waals surface area contributed by atoms with Crippen molar-refractivity contribution in [3.05, 3.63) is 95.1 Å². The number of fused-ring (bicyclic) bond motifs is 1. The van der Waals surface area contributed by atoms with E-state index in [1.54, 1.807) is 38.1 Å². The average molecular weight is 543 g/mol. The molecule has 0 fully saturated rings. The molecule has 0 bridgehead atoms. The molecule has 0 amide bonds. The zero-order valence-corrected chi connectivity index (χ0v) is 20.9. The number of nitrogens with zero attached hydrogens (tertiary/aromatic N) is 2. The predicted molar refractivity (Wildman–Crippen MR) is 136 cm³/mol. The maximum absolute atomic E-state index is 14.6. The Balaban J connectivity index is 1.97. The van der Waals surface area contributed by atoms with Crippen LogP contribution in [0.1, 0.15) is 35.6 Å². The first-order valence-corrected chi connectivity index (χ1v) is 12.6. The van der Waals surface area contributed by atoms with Crippen LogP contribution >= 0.6 is 0 Å². The number of sulfonamides is 1. The van der Waals surface area contributed by atoms with Crippen molar-refractivity contribution >= 4 is 44.0 Å². The van der Waals surface area contributed by atoms with Crippen LogP contribution in [0, 0.1) is 23.4 Å². The number of aromatic amines is 1. The minimum atomic E-state index is -4.65. The Labute approximate surface area is 215 Å². The van der Waals surface area contributed by atoms with Gasteiger partial charge < -0.3 is 15.8 Å². The Morgan fingerprint density at radius 3 is 2.39 bits per heavy atom. The fourth-order valence-electron chi connectivity index (χ4n) is 3.49. The number of allylic oxidation sites excluding steroid dienone is 1. The highest BCUT2D eigenvalue weighted by molar-refractivity contribution is 7.90. The van der Waals surface area contributed by atoms with Crippen molar-refractivity contribution < 1.29 is 31.5 Å². The van der Waals surface area contributed by atoms with Crippen LogP contribution in [0.25, 0.3) is 22.4 Å². The number of aliphatic hydroxyl groups excluding tert-OH is 1. The van der Waals surface area contributed by atoms with Crippen molar-refractivity contribution in [1.82, 2.24) is 9.97 Å². The van der Waals surface area contributed by atoms with Crippen LogP contribution in [0.3, 0.4) is 0 Å². The van der Waals surface area contributed by atoms with Gasteiger partial charge in [0.2, 0.25) is 5.78 Å². The molecule has 0 radical (unpaired) electrons. The van der Waals surface area contributed by atoms with Gasteiger partial charge in [0.25, 0.3) is 10.0 Å². The molecule has 0 saturated carbocycles. The number of para-hydroxylation sites is 2. The van der Waals surface area contributed by atoms with Gasteiger partial charge >= 0.3 is 0 Å². The number of rotatable bonds is 7. The molecule has 4 aromatic rings. The molecular weight excluding hydrogens is 521 g/mol. The van der Waals surface area contributed by atoms with E-state index in [0.717, 1.165) is 30.3 Å². The number of halogens is 3. The fourth-order valence-corrected chi connectivity index (χ4v) is 4.67. The molecule has 4 rings (SSSR count). The number of aromatic nitrogens is 2. The molecule has 4 N–H and O–H groups in total. The molecule has 3 aromatic carbocycles. The number of hydrogen-bond acceptors (Lipinski definition) is 5. The lowest BCUT2D eigenvalue weighted by Gasteiger charge is -2.11. The highest BCUT2D eigenvalue weighted by Crippen LogP contribution is 2.31. The quantitative estimate of drug-likeness (QED) is 0.0989. The molecule has 8 nitrogen and oxygen atoms in total. The topological polar surface area (TPSA) is 138 Å². The third-order valence-corrected chi connectivity index (χ3v) is 6.88. The van der Waals surface area contributed by atoms with Crippen LogP contribution in [-0.4, -0.2) is 35.1 Å². The maximum atomic E-state index is 14.6. The molecule has 12 heteroatoms. The first-order chi connectivity index (χ1) is 17.9. The highest BCUT2D eigenvalue weighted by Gasteiger charge is 2.28. The van der Waals surface area contributed by atoms with Crippen molar-refractivity contribution in [3.8, 4) is 0 Å². The Bertz CT molecular complexity index is 1710. The summed E-state index contributed by atoms with van der Waals surface area (Å²) in [5, 5.41) is 11.2. The lowest BCUT2D eigenvalue weighted by Crippen LogP contribution is -2.21. The van der Waals surface area contributed by atoms with E-state index in [9.17, 15) is 31.5 Å². The zero-order valence-electron chi connectivity index (χ0n) is 20.0. The van der Waals surface area contributed by atoms with Crippen LogP contribution < -0.4 is 5.73 Å². The minimum absolute atomic E-state index is 0.215. The third-order valence-electron chi connectivity index (χ3n) is 5.56. The molecule has 0 atom stereocenters. The summed E-state index contributed by atoms with van der Waals surface area (Å²) >= 11 is 0. The zero-order chi connectivity index (χ0) is 27.8. The lowest BCUT2D eigenvalue weighted by molar-refractivity contribution is 0.105. The van der Waals surface area contributed by atoms with Gasteiger partial charge in [-0.25, -0.2) is 18.2 Å². The number of hydrogen-bond donors (Lipinski definition) is 3. The summed E-state index contributed by atoms with van der Waals surface area (Å²) in [6, 6.07) is 11.3. The van der Waals surface area contributed by atoms with Crippen LogP contribution in [0.5, 0.6) is 0 Å². The van der Waals surface area contributed by atoms with E-state index >= 15 is 0 Å². The van der Waals surface area contributed by atoms with Gasteiger partial charge in [-0.3, -0.25) is 4.79 Å². The summed E-state index contributed by atoms with van der Waals surface area (Å²) in [5.41, 5.74) is 4.85. The summed E-state index contributed by atoms with van der Waals surface area (Å²) in [5.74, 6) is -6.13. The van der Waals surface area contributed by atoms with E-state index in [2.05, 4.69) is 14.4 Å². The number of aliphatic hydroxyl groups is 1. The summed E-state index contributed by atoms with van der Waals surface area (Å²) in [4.78, 5) is 19.6. The normalized spacial score (nSPS) is 13.2. The van der Waals surface area contributed by atoms with E-state index in [4.69, 9.17) is 5.73 Å². The van der Waals surface area contributed by atoms with E-state index in [-0.39, 0.29) is 17.2 Å². The number of carbonyl (C=O) groups is 1. The summed E-state index contributed by atoms with van der Waals surface area (Å²) in [7, 11) is -4.65. The molecule has 0 aliphatic rings. The van der Waals surface area contributed by atoms with Crippen LogP contribution in [-0.2, 0) is 10.0 Å². The number of carbonyl (C=O) groups excluding carboxylic acids is 1. The van der Waals surface area contributed by atoms with E-state index in [1.807, 2.05) is 0 Å². The number of Topliss-reactive ketones (excluding diaryl/α,β-unsaturated/α-hetero) is 1. The van der Waals surface area contributed by atoms with Gasteiger partial charge in [-0.2, -0.15) is 8.42 Å². The summed E-state index contributed by atoms with van der Waals surface area (Å²) < 4.78 is 72.0. The number of H-pyrrole nitrogens is 1.